The van der Waals surface area contributed by atoms with Crippen molar-refractivity contribution in [3.8, 4) is 0 Å². The number of hydrogen-bond acceptors (Lipinski definition) is 4. The molecule has 2 N–H and O–H groups in total. The smallest absolute Gasteiger partial charge is 0.225 e. The summed E-state index contributed by atoms with van der Waals surface area (Å²) in [7, 11) is 0. The number of nitrogens with zero attached hydrogens (tertiary/aromatic N) is 5. The number of amides is 1. The van der Waals surface area contributed by atoms with E-state index in [1.807, 2.05) is 22.9 Å². The number of unbranched alkanes of at least 4 members (excludes halogenated alkanes) is 1. The van der Waals surface area contributed by atoms with Crippen molar-refractivity contribution in [2.24, 2.45) is 5.73 Å². The molecule has 2 aromatic heterocycles. The maximum absolute atomic E-state index is 11.3. The van der Waals surface area contributed by atoms with E-state index in [-0.39, 0.29) is 6.42 Å². The van der Waals surface area contributed by atoms with Gasteiger partial charge in [0.05, 0.1) is 24.0 Å². The summed E-state index contributed by atoms with van der Waals surface area (Å²) >= 11 is 0. The van der Waals surface area contributed by atoms with Gasteiger partial charge in [0.25, 0.3) is 0 Å². The predicted molar refractivity (Wildman–Crippen MR) is 101 cm³/mol. The summed E-state index contributed by atoms with van der Waals surface area (Å²) in [4.78, 5) is 20.6. The lowest BCUT2D eigenvalue weighted by atomic mass is 10.2. The lowest BCUT2D eigenvalue weighted by Crippen LogP contribution is -2.14. The van der Waals surface area contributed by atoms with Gasteiger partial charge in [-0.25, -0.2) is 14.6 Å². The molecule has 138 valence electrons. The summed E-state index contributed by atoms with van der Waals surface area (Å²) in [5, 5.41) is 4.49. The fourth-order valence-electron chi connectivity index (χ4n) is 3.10. The van der Waals surface area contributed by atoms with Gasteiger partial charge < -0.3 is 10.3 Å². The van der Waals surface area contributed by atoms with Crippen LogP contribution in [0.5, 0.6) is 0 Å². The van der Waals surface area contributed by atoms with Gasteiger partial charge in [-0.3, -0.25) is 4.79 Å². The van der Waals surface area contributed by atoms with Crippen molar-refractivity contribution in [3.63, 3.8) is 0 Å². The molecule has 1 amide bonds. The highest BCUT2D eigenvalue weighted by Gasteiger charge is 2.18. The number of nitrogens with two attached hydrogens (primary N) is 1. The topological polar surface area (TPSA) is 91.6 Å². The van der Waals surface area contributed by atoms with E-state index < -0.39 is 5.91 Å². The fourth-order valence-corrected chi connectivity index (χ4v) is 3.10. The minimum atomic E-state index is -0.417. The highest BCUT2D eigenvalue weighted by Crippen LogP contribution is 2.23. The number of hydrogen-bond donors (Lipinski definition) is 1. The number of carbonyl (C=O) groups excluding carboxylic acids is 1. The highest BCUT2D eigenvalue weighted by molar-refractivity contribution is 5.76. The molecule has 0 spiro atoms. The van der Waals surface area contributed by atoms with E-state index in [4.69, 9.17) is 10.7 Å². The van der Waals surface area contributed by atoms with Gasteiger partial charge in [-0.2, -0.15) is 5.10 Å². The Kier molecular flexibility index (Phi) is 5.35. The first-order valence-corrected chi connectivity index (χ1v) is 9.15. The Morgan fingerprint density at radius 2 is 2.00 bits per heavy atom. The lowest BCUT2D eigenvalue weighted by molar-refractivity contribution is -0.117. The summed E-state index contributed by atoms with van der Waals surface area (Å²) in [6.07, 6.45) is 2.14. The molecule has 2 heterocycles. The lowest BCUT2D eigenvalue weighted by Gasteiger charge is -2.12. The van der Waals surface area contributed by atoms with E-state index in [1.54, 1.807) is 0 Å². The fraction of sp³-hybridized carbons (Fsp3) is 0.474. The van der Waals surface area contributed by atoms with Crippen molar-refractivity contribution in [3.05, 3.63) is 41.7 Å². The Bertz CT molecular complexity index is 908. The van der Waals surface area contributed by atoms with Crippen LogP contribution in [-0.4, -0.2) is 30.2 Å². The van der Waals surface area contributed by atoms with Crippen LogP contribution in [0.4, 0.5) is 0 Å². The standard InChI is InChI=1S/C19H26N6O/c1-4-5-10-25-18(22-17(23-25)11-16(20)26)12-24-15-9-7-6-8-14(15)21-19(24)13(2)3/h6-9,13H,4-5,10-12H2,1-3H3,(H2,20,26). The first-order valence-electron chi connectivity index (χ1n) is 9.15. The molecule has 0 atom stereocenters. The number of para-hydroxylation sites is 2. The highest BCUT2D eigenvalue weighted by atomic mass is 16.1. The third-order valence-electron chi connectivity index (χ3n) is 4.35. The normalized spacial score (nSPS) is 11.5. The number of rotatable bonds is 8. The molecule has 7 nitrogen and oxygen atoms in total. The Labute approximate surface area is 153 Å². The maximum Gasteiger partial charge on any atom is 0.225 e. The molecule has 0 fully saturated rings. The van der Waals surface area contributed by atoms with Crippen molar-refractivity contribution in [1.29, 1.82) is 0 Å². The van der Waals surface area contributed by atoms with Gasteiger partial charge in [0.15, 0.2) is 5.82 Å². The minimum absolute atomic E-state index is 0.0633. The van der Waals surface area contributed by atoms with Crippen molar-refractivity contribution >= 4 is 16.9 Å². The molecular formula is C19H26N6O. The summed E-state index contributed by atoms with van der Waals surface area (Å²) < 4.78 is 4.10. The summed E-state index contributed by atoms with van der Waals surface area (Å²) in [6.45, 7) is 7.77. The Balaban J connectivity index is 2.02. The summed E-state index contributed by atoms with van der Waals surface area (Å²) in [6, 6.07) is 8.12. The van der Waals surface area contributed by atoms with Gasteiger partial charge in [-0.05, 0) is 18.6 Å². The van der Waals surface area contributed by atoms with Crippen molar-refractivity contribution in [1.82, 2.24) is 24.3 Å². The molecule has 0 aliphatic heterocycles. The van der Waals surface area contributed by atoms with Crippen LogP contribution >= 0.6 is 0 Å². The molecule has 0 saturated heterocycles. The van der Waals surface area contributed by atoms with Crippen molar-refractivity contribution in [2.45, 2.75) is 59.0 Å². The van der Waals surface area contributed by atoms with Crippen LogP contribution in [-0.2, 0) is 24.3 Å². The molecule has 0 saturated carbocycles. The van der Waals surface area contributed by atoms with E-state index in [2.05, 4.69) is 41.5 Å². The van der Waals surface area contributed by atoms with E-state index in [1.165, 1.54) is 0 Å². The Morgan fingerprint density at radius 1 is 1.23 bits per heavy atom. The molecule has 1 aromatic carbocycles. The molecule has 7 heteroatoms. The van der Waals surface area contributed by atoms with Crippen molar-refractivity contribution in [2.75, 3.05) is 0 Å². The van der Waals surface area contributed by atoms with Gasteiger partial charge in [-0.15, -0.1) is 0 Å². The molecule has 0 aliphatic rings. The third-order valence-corrected chi connectivity index (χ3v) is 4.35. The van der Waals surface area contributed by atoms with E-state index >= 15 is 0 Å². The first kappa shape index (κ1) is 18.1. The van der Waals surface area contributed by atoms with Gasteiger partial charge in [0, 0.05) is 12.5 Å². The van der Waals surface area contributed by atoms with E-state index in [0.717, 1.165) is 42.1 Å². The zero-order chi connectivity index (χ0) is 18.7. The number of aromatic nitrogens is 5. The Morgan fingerprint density at radius 3 is 2.69 bits per heavy atom. The number of carbonyl (C=O) groups is 1. The largest absolute Gasteiger partial charge is 0.369 e. The molecular weight excluding hydrogens is 328 g/mol. The molecule has 3 aromatic rings. The van der Waals surface area contributed by atoms with Crippen LogP contribution in [0, 0.1) is 0 Å². The van der Waals surface area contributed by atoms with E-state index in [9.17, 15) is 4.79 Å². The molecule has 3 rings (SSSR count). The second-order valence-electron chi connectivity index (χ2n) is 6.86. The van der Waals surface area contributed by atoms with Crippen LogP contribution in [0.1, 0.15) is 57.0 Å². The average molecular weight is 354 g/mol. The minimum Gasteiger partial charge on any atom is -0.369 e. The molecule has 26 heavy (non-hydrogen) atoms. The second-order valence-corrected chi connectivity index (χ2v) is 6.86. The van der Waals surface area contributed by atoms with Crippen LogP contribution in [0.15, 0.2) is 24.3 Å². The Hall–Kier alpha value is -2.70. The van der Waals surface area contributed by atoms with Gasteiger partial charge in [0.2, 0.25) is 5.91 Å². The number of fused-ring (bicyclic) bond motifs is 1. The zero-order valence-corrected chi connectivity index (χ0v) is 15.6. The summed E-state index contributed by atoms with van der Waals surface area (Å²) in [5.41, 5.74) is 7.38. The SMILES string of the molecule is CCCCn1nc(CC(N)=O)nc1Cn1c(C(C)C)nc2ccccc21. The van der Waals surface area contributed by atoms with Crippen LogP contribution in [0.2, 0.25) is 0 Å². The first-order chi connectivity index (χ1) is 12.5. The third kappa shape index (κ3) is 3.76. The van der Waals surface area contributed by atoms with Gasteiger partial charge in [-0.1, -0.05) is 39.3 Å². The summed E-state index contributed by atoms with van der Waals surface area (Å²) in [5.74, 6) is 2.21. The molecule has 0 radical (unpaired) electrons. The van der Waals surface area contributed by atoms with Gasteiger partial charge in [0.1, 0.15) is 11.6 Å². The van der Waals surface area contributed by atoms with Crippen LogP contribution < -0.4 is 5.73 Å². The molecule has 0 bridgehead atoms. The van der Waals surface area contributed by atoms with E-state index in [0.29, 0.717) is 18.3 Å². The molecule has 0 aliphatic carbocycles. The van der Waals surface area contributed by atoms with Crippen LogP contribution in [0.25, 0.3) is 11.0 Å². The average Bonchev–Trinajstić information content (AvgIpc) is 3.14. The molecule has 0 unspecified atom stereocenters. The quantitative estimate of drug-likeness (QED) is 0.673. The van der Waals surface area contributed by atoms with Crippen molar-refractivity contribution < 1.29 is 4.79 Å². The van der Waals surface area contributed by atoms with Gasteiger partial charge >= 0.3 is 0 Å². The zero-order valence-electron chi connectivity index (χ0n) is 15.6. The number of benzene rings is 1. The predicted octanol–water partition coefficient (Wildman–Crippen LogP) is 2.63. The maximum atomic E-state index is 11.3. The number of imidazole rings is 1. The van der Waals surface area contributed by atoms with Crippen LogP contribution in [0.3, 0.4) is 0 Å². The number of aryl methyl sites for hydroxylation is 1. The monoisotopic (exact) mass is 354 g/mol. The number of primary amides is 1. The second kappa shape index (κ2) is 7.68.